The average molecular weight is 317 g/mol. The zero-order valence-corrected chi connectivity index (χ0v) is 12.6. The van der Waals surface area contributed by atoms with Crippen molar-refractivity contribution in [2.45, 2.75) is 31.7 Å². The van der Waals surface area contributed by atoms with Crippen molar-refractivity contribution in [3.8, 4) is 0 Å². The fourth-order valence-electron chi connectivity index (χ4n) is 2.38. The van der Waals surface area contributed by atoms with Crippen molar-refractivity contribution < 1.29 is 22.7 Å². The lowest BCUT2D eigenvalue weighted by Crippen LogP contribution is -2.57. The normalized spacial score (nSPS) is 21.5. The van der Waals surface area contributed by atoms with E-state index in [-0.39, 0.29) is 19.0 Å². The zero-order chi connectivity index (χ0) is 16.5. The Hall–Kier alpha value is -1.83. The van der Waals surface area contributed by atoms with Crippen molar-refractivity contribution in [2.75, 3.05) is 25.0 Å². The van der Waals surface area contributed by atoms with Crippen LogP contribution in [0.4, 0.5) is 19.0 Å². The van der Waals surface area contributed by atoms with E-state index in [0.29, 0.717) is 11.4 Å². The third-order valence-electron chi connectivity index (χ3n) is 3.35. The van der Waals surface area contributed by atoms with Crippen LogP contribution in [0.3, 0.4) is 0 Å². The maximum Gasteiger partial charge on any atom is 0.416 e. The molecule has 22 heavy (non-hydrogen) atoms. The van der Waals surface area contributed by atoms with Crippen LogP contribution in [-0.4, -0.2) is 48.9 Å². The molecule has 0 aromatic carbocycles. The lowest BCUT2D eigenvalue weighted by molar-refractivity contribution is -0.251. The number of amides is 1. The first kappa shape index (κ1) is 16.5. The van der Waals surface area contributed by atoms with Gasteiger partial charge in [-0.2, -0.15) is 13.2 Å². The first-order chi connectivity index (χ1) is 10.1. The molecule has 1 saturated heterocycles. The molecular weight excluding hydrogens is 299 g/mol. The van der Waals surface area contributed by atoms with E-state index in [0.717, 1.165) is 0 Å². The van der Waals surface area contributed by atoms with Gasteiger partial charge in [0.2, 0.25) is 0 Å². The fourth-order valence-corrected chi connectivity index (χ4v) is 2.38. The minimum absolute atomic E-state index is 0.284. The van der Waals surface area contributed by atoms with Gasteiger partial charge in [-0.25, -0.2) is 4.98 Å². The summed E-state index contributed by atoms with van der Waals surface area (Å²) < 4.78 is 44.0. The first-order valence-electron chi connectivity index (χ1n) is 6.80. The van der Waals surface area contributed by atoms with Crippen molar-refractivity contribution in [1.29, 1.82) is 0 Å². The predicted molar refractivity (Wildman–Crippen MR) is 74.8 cm³/mol. The maximum atomic E-state index is 13.0. The van der Waals surface area contributed by atoms with Crippen LogP contribution in [0.5, 0.6) is 0 Å². The number of nitrogens with one attached hydrogen (secondary N) is 1. The van der Waals surface area contributed by atoms with Gasteiger partial charge in [-0.15, -0.1) is 0 Å². The Bertz CT molecular complexity index is 543. The SMILES string of the molecule is CNC(=O)c1ccc(N2CC(C(F)(F)F)OC(C)(C)C2)nc1. The van der Waals surface area contributed by atoms with Gasteiger partial charge < -0.3 is 15.0 Å². The highest BCUT2D eigenvalue weighted by atomic mass is 19.4. The molecule has 122 valence electrons. The van der Waals surface area contributed by atoms with Gasteiger partial charge in [0.15, 0.2) is 6.10 Å². The Morgan fingerprint density at radius 3 is 2.64 bits per heavy atom. The van der Waals surface area contributed by atoms with Crippen LogP contribution in [0, 0.1) is 0 Å². The number of pyridine rings is 1. The Morgan fingerprint density at radius 1 is 1.45 bits per heavy atom. The number of anilines is 1. The van der Waals surface area contributed by atoms with E-state index in [9.17, 15) is 18.0 Å². The molecular formula is C14H18F3N3O2. The molecule has 0 aliphatic carbocycles. The number of carbonyl (C=O) groups is 1. The molecule has 2 rings (SSSR count). The molecule has 0 spiro atoms. The second-order valence-corrected chi connectivity index (χ2v) is 5.77. The number of halogens is 3. The van der Waals surface area contributed by atoms with Crippen LogP contribution in [-0.2, 0) is 4.74 Å². The molecule has 1 fully saturated rings. The van der Waals surface area contributed by atoms with E-state index in [1.165, 1.54) is 24.2 Å². The standard InChI is InChI=1S/C14H18F3N3O2/c1-13(2)8-20(7-10(22-13)14(15,16)17)11-5-4-9(6-19-11)12(21)18-3/h4-6,10H,7-8H2,1-3H3,(H,18,21). The minimum Gasteiger partial charge on any atom is -0.359 e. The number of alkyl halides is 3. The molecule has 1 amide bonds. The third kappa shape index (κ3) is 3.68. The molecule has 0 bridgehead atoms. The third-order valence-corrected chi connectivity index (χ3v) is 3.35. The summed E-state index contributed by atoms with van der Waals surface area (Å²) in [4.78, 5) is 17.1. The highest BCUT2D eigenvalue weighted by Crippen LogP contribution is 2.33. The van der Waals surface area contributed by atoms with Crippen molar-refractivity contribution in [3.05, 3.63) is 23.9 Å². The van der Waals surface area contributed by atoms with E-state index in [2.05, 4.69) is 10.3 Å². The van der Waals surface area contributed by atoms with Crippen molar-refractivity contribution in [3.63, 3.8) is 0 Å². The van der Waals surface area contributed by atoms with Crippen LogP contribution >= 0.6 is 0 Å². The predicted octanol–water partition coefficient (Wildman–Crippen LogP) is 1.99. The summed E-state index contributed by atoms with van der Waals surface area (Å²) in [5.74, 6) is 0.0906. The molecule has 1 aliphatic rings. The van der Waals surface area contributed by atoms with Crippen LogP contribution in [0.2, 0.25) is 0 Å². The Balaban J connectivity index is 2.21. The van der Waals surface area contributed by atoms with Gasteiger partial charge in [-0.05, 0) is 26.0 Å². The fraction of sp³-hybridized carbons (Fsp3) is 0.571. The van der Waals surface area contributed by atoms with Crippen LogP contribution in [0.1, 0.15) is 24.2 Å². The van der Waals surface area contributed by atoms with Gasteiger partial charge >= 0.3 is 6.18 Å². The molecule has 1 unspecified atom stereocenters. The number of rotatable bonds is 2. The lowest BCUT2D eigenvalue weighted by Gasteiger charge is -2.43. The molecule has 1 atom stereocenters. The molecule has 1 aliphatic heterocycles. The summed E-state index contributed by atoms with van der Waals surface area (Å²) in [6.07, 6.45) is -4.95. The molecule has 2 heterocycles. The number of aromatic nitrogens is 1. The zero-order valence-electron chi connectivity index (χ0n) is 12.6. The van der Waals surface area contributed by atoms with E-state index < -0.39 is 17.9 Å². The number of nitrogens with zero attached hydrogens (tertiary/aromatic N) is 2. The first-order valence-corrected chi connectivity index (χ1v) is 6.80. The quantitative estimate of drug-likeness (QED) is 0.906. The van der Waals surface area contributed by atoms with Gasteiger partial charge in [0.1, 0.15) is 5.82 Å². The Labute approximate surface area is 126 Å². The van der Waals surface area contributed by atoms with Crippen molar-refractivity contribution in [2.24, 2.45) is 0 Å². The Kier molecular flexibility index (Phi) is 4.32. The van der Waals surface area contributed by atoms with Crippen LogP contribution < -0.4 is 10.2 Å². The molecule has 8 heteroatoms. The summed E-state index contributed by atoms with van der Waals surface area (Å²) in [7, 11) is 1.49. The average Bonchev–Trinajstić information content (AvgIpc) is 2.44. The smallest absolute Gasteiger partial charge is 0.359 e. The van der Waals surface area contributed by atoms with E-state index in [1.54, 1.807) is 19.9 Å². The van der Waals surface area contributed by atoms with E-state index in [1.807, 2.05) is 0 Å². The summed E-state index contributed by atoms with van der Waals surface area (Å²) in [5.41, 5.74) is -0.592. The highest BCUT2D eigenvalue weighted by Gasteiger charge is 2.48. The summed E-state index contributed by atoms with van der Waals surface area (Å²) in [6, 6.07) is 3.08. The number of hydrogen-bond acceptors (Lipinski definition) is 4. The van der Waals surface area contributed by atoms with E-state index in [4.69, 9.17) is 4.74 Å². The monoisotopic (exact) mass is 317 g/mol. The second-order valence-electron chi connectivity index (χ2n) is 5.77. The van der Waals surface area contributed by atoms with Gasteiger partial charge in [0.05, 0.1) is 17.7 Å². The summed E-state index contributed by atoms with van der Waals surface area (Å²) in [5, 5.41) is 2.46. The highest BCUT2D eigenvalue weighted by molar-refractivity contribution is 5.93. The summed E-state index contributed by atoms with van der Waals surface area (Å²) in [6.45, 7) is 3.18. The van der Waals surface area contributed by atoms with Gasteiger partial charge in [-0.3, -0.25) is 4.79 Å². The molecule has 0 saturated carbocycles. The largest absolute Gasteiger partial charge is 0.416 e. The van der Waals surface area contributed by atoms with Crippen molar-refractivity contribution >= 4 is 11.7 Å². The number of hydrogen-bond donors (Lipinski definition) is 1. The minimum atomic E-state index is -4.43. The maximum absolute atomic E-state index is 13.0. The van der Waals surface area contributed by atoms with E-state index >= 15 is 0 Å². The van der Waals surface area contributed by atoms with Gasteiger partial charge in [0.25, 0.3) is 5.91 Å². The lowest BCUT2D eigenvalue weighted by atomic mass is 10.0. The molecule has 1 N–H and O–H groups in total. The molecule has 1 aromatic rings. The van der Waals surface area contributed by atoms with Crippen molar-refractivity contribution in [1.82, 2.24) is 10.3 Å². The van der Waals surface area contributed by atoms with Gasteiger partial charge in [0, 0.05) is 19.8 Å². The summed E-state index contributed by atoms with van der Waals surface area (Å²) >= 11 is 0. The van der Waals surface area contributed by atoms with Crippen LogP contribution in [0.15, 0.2) is 18.3 Å². The Morgan fingerprint density at radius 2 is 2.14 bits per heavy atom. The second kappa shape index (κ2) is 5.75. The number of carbonyl (C=O) groups excluding carboxylic acids is 1. The molecule has 5 nitrogen and oxygen atoms in total. The van der Waals surface area contributed by atoms with Gasteiger partial charge in [-0.1, -0.05) is 0 Å². The molecule has 0 radical (unpaired) electrons. The number of morpholine rings is 1. The topological polar surface area (TPSA) is 54.5 Å². The molecule has 1 aromatic heterocycles. The van der Waals surface area contributed by atoms with Crippen LogP contribution in [0.25, 0.3) is 0 Å². The number of ether oxygens (including phenoxy) is 1.